The molecule has 1 atom stereocenters. The number of hydrogen-bond donors (Lipinski definition) is 4. The molecule has 0 radical (unpaired) electrons. The lowest BCUT2D eigenvalue weighted by Gasteiger charge is -2.30. The largest absolute Gasteiger partial charge is 0.504 e. The van der Waals surface area contributed by atoms with E-state index in [9.17, 15) is 14.3 Å². The number of carbonyl (C=O) groups excluding carboxylic acids is 1. The number of anilines is 1. The SMILES string of the molecule is COc1cc([C@H]2NC(=S)NC(C)=C2C(=O)Nc2ccc(F)cc2)ccc1O. The van der Waals surface area contributed by atoms with Gasteiger partial charge in [0, 0.05) is 11.4 Å². The molecule has 0 saturated heterocycles. The van der Waals surface area contributed by atoms with E-state index >= 15 is 0 Å². The summed E-state index contributed by atoms with van der Waals surface area (Å²) in [4.78, 5) is 12.9. The van der Waals surface area contributed by atoms with Crippen LogP contribution < -0.4 is 20.7 Å². The number of benzene rings is 2. The topological polar surface area (TPSA) is 82.6 Å². The maximum absolute atomic E-state index is 13.1. The van der Waals surface area contributed by atoms with Crippen molar-refractivity contribution in [3.63, 3.8) is 0 Å². The number of allylic oxidation sites excluding steroid dienone is 1. The maximum Gasteiger partial charge on any atom is 0.255 e. The second kappa shape index (κ2) is 7.63. The zero-order valence-corrected chi connectivity index (χ0v) is 15.5. The highest BCUT2D eigenvalue weighted by Gasteiger charge is 2.30. The number of phenolic OH excluding ortho intramolecular Hbond substituents is 1. The third-order valence-electron chi connectivity index (χ3n) is 4.15. The van der Waals surface area contributed by atoms with Gasteiger partial charge >= 0.3 is 0 Å². The van der Waals surface area contributed by atoms with Gasteiger partial charge in [0.25, 0.3) is 5.91 Å². The molecule has 1 aliphatic rings. The van der Waals surface area contributed by atoms with Crippen LogP contribution >= 0.6 is 12.2 Å². The van der Waals surface area contributed by atoms with Crippen molar-refractivity contribution in [2.75, 3.05) is 12.4 Å². The van der Waals surface area contributed by atoms with Crippen LogP contribution in [-0.4, -0.2) is 23.2 Å². The van der Waals surface area contributed by atoms with Crippen LogP contribution in [0.4, 0.5) is 10.1 Å². The molecule has 0 aromatic heterocycles. The van der Waals surface area contributed by atoms with Gasteiger partial charge < -0.3 is 25.8 Å². The monoisotopic (exact) mass is 387 g/mol. The summed E-state index contributed by atoms with van der Waals surface area (Å²) < 4.78 is 18.2. The molecule has 8 heteroatoms. The van der Waals surface area contributed by atoms with E-state index in [0.717, 1.165) is 0 Å². The first kappa shape index (κ1) is 18.7. The van der Waals surface area contributed by atoms with Crippen LogP contribution in [-0.2, 0) is 4.79 Å². The number of thiocarbonyl (C=S) groups is 1. The fourth-order valence-electron chi connectivity index (χ4n) is 2.85. The lowest BCUT2D eigenvalue weighted by molar-refractivity contribution is -0.113. The van der Waals surface area contributed by atoms with Crippen LogP contribution in [0.1, 0.15) is 18.5 Å². The second-order valence-electron chi connectivity index (χ2n) is 5.96. The molecule has 1 amide bonds. The molecule has 0 spiro atoms. The van der Waals surface area contributed by atoms with E-state index in [1.807, 2.05) is 0 Å². The van der Waals surface area contributed by atoms with Gasteiger partial charge in [0.15, 0.2) is 16.6 Å². The van der Waals surface area contributed by atoms with Crippen LogP contribution in [0.15, 0.2) is 53.7 Å². The van der Waals surface area contributed by atoms with Crippen molar-refractivity contribution in [3.8, 4) is 11.5 Å². The van der Waals surface area contributed by atoms with Crippen LogP contribution in [0.25, 0.3) is 0 Å². The predicted molar refractivity (Wildman–Crippen MR) is 104 cm³/mol. The van der Waals surface area contributed by atoms with Crippen molar-refractivity contribution >= 4 is 28.9 Å². The Labute approximate surface area is 161 Å². The lowest BCUT2D eigenvalue weighted by atomic mass is 9.94. The minimum atomic E-state index is -0.548. The number of carbonyl (C=O) groups is 1. The molecule has 27 heavy (non-hydrogen) atoms. The number of amides is 1. The smallest absolute Gasteiger partial charge is 0.255 e. The summed E-state index contributed by atoms with van der Waals surface area (Å²) in [5.41, 5.74) is 2.17. The van der Waals surface area contributed by atoms with Gasteiger partial charge in [-0.05, 0) is 61.1 Å². The Morgan fingerprint density at radius 2 is 1.96 bits per heavy atom. The quantitative estimate of drug-likeness (QED) is 0.604. The van der Waals surface area contributed by atoms with E-state index in [4.69, 9.17) is 17.0 Å². The number of hydrogen-bond acceptors (Lipinski definition) is 4. The minimum Gasteiger partial charge on any atom is -0.504 e. The molecule has 1 aliphatic heterocycles. The highest BCUT2D eigenvalue weighted by molar-refractivity contribution is 7.80. The van der Waals surface area contributed by atoms with Crippen molar-refractivity contribution < 1.29 is 19.0 Å². The molecule has 0 saturated carbocycles. The zero-order chi connectivity index (χ0) is 19.6. The van der Waals surface area contributed by atoms with Crippen LogP contribution in [0.2, 0.25) is 0 Å². The van der Waals surface area contributed by atoms with Gasteiger partial charge in [-0.2, -0.15) is 0 Å². The first-order valence-corrected chi connectivity index (χ1v) is 8.52. The normalized spacial score (nSPS) is 16.4. The number of ether oxygens (including phenoxy) is 1. The zero-order valence-electron chi connectivity index (χ0n) is 14.7. The van der Waals surface area contributed by atoms with Gasteiger partial charge in [0.1, 0.15) is 5.82 Å². The Kier molecular flexibility index (Phi) is 5.27. The third kappa shape index (κ3) is 4.01. The van der Waals surface area contributed by atoms with Gasteiger partial charge in [-0.25, -0.2) is 4.39 Å². The third-order valence-corrected chi connectivity index (χ3v) is 4.37. The molecule has 140 valence electrons. The molecule has 0 bridgehead atoms. The Morgan fingerprint density at radius 3 is 2.63 bits per heavy atom. The number of halogens is 1. The lowest BCUT2D eigenvalue weighted by Crippen LogP contribution is -2.45. The number of rotatable bonds is 4. The molecule has 0 fully saturated rings. The molecule has 2 aromatic carbocycles. The Balaban J connectivity index is 1.96. The van der Waals surface area contributed by atoms with Gasteiger partial charge in [-0.3, -0.25) is 4.79 Å². The van der Waals surface area contributed by atoms with Crippen LogP contribution in [0, 0.1) is 5.82 Å². The average Bonchev–Trinajstić information content (AvgIpc) is 2.63. The molecule has 3 rings (SSSR count). The number of phenols is 1. The Hall–Kier alpha value is -3.13. The summed E-state index contributed by atoms with van der Waals surface area (Å²) in [5, 5.41) is 19.0. The van der Waals surface area contributed by atoms with Crippen molar-refractivity contribution in [1.29, 1.82) is 0 Å². The molecular weight excluding hydrogens is 369 g/mol. The molecule has 0 unspecified atom stereocenters. The van der Waals surface area contributed by atoms with Crippen molar-refractivity contribution in [1.82, 2.24) is 10.6 Å². The standard InChI is InChI=1S/C19H18FN3O3S/c1-10-16(18(25)22-13-6-4-12(20)5-7-13)17(23-19(27)21-10)11-3-8-14(24)15(9-11)26-2/h3-9,17,24H,1-2H3,(H,22,25)(H2,21,23,27)/t17-/m1/s1. The van der Waals surface area contributed by atoms with Crippen LogP contribution in [0.5, 0.6) is 11.5 Å². The van der Waals surface area contributed by atoms with Crippen molar-refractivity contribution in [2.24, 2.45) is 0 Å². The van der Waals surface area contributed by atoms with Crippen molar-refractivity contribution in [2.45, 2.75) is 13.0 Å². The highest BCUT2D eigenvalue weighted by atomic mass is 32.1. The second-order valence-corrected chi connectivity index (χ2v) is 6.37. The molecule has 4 N–H and O–H groups in total. The van der Waals surface area contributed by atoms with E-state index < -0.39 is 6.04 Å². The highest BCUT2D eigenvalue weighted by Crippen LogP contribution is 2.33. The van der Waals surface area contributed by atoms with E-state index in [1.54, 1.807) is 19.1 Å². The number of nitrogens with one attached hydrogen (secondary N) is 3. The summed E-state index contributed by atoms with van der Waals surface area (Å²) >= 11 is 5.22. The fraction of sp³-hybridized carbons (Fsp3) is 0.158. The van der Waals surface area contributed by atoms with E-state index in [2.05, 4.69) is 16.0 Å². The van der Waals surface area contributed by atoms with Gasteiger partial charge in [-0.1, -0.05) is 6.07 Å². The summed E-state index contributed by atoms with van der Waals surface area (Å²) in [6.45, 7) is 1.75. The fourth-order valence-corrected chi connectivity index (χ4v) is 3.12. The van der Waals surface area contributed by atoms with Crippen molar-refractivity contribution in [3.05, 3.63) is 65.1 Å². The first-order valence-electron chi connectivity index (χ1n) is 8.11. The molecule has 2 aromatic rings. The molecular formula is C19H18FN3O3S. The Morgan fingerprint density at radius 1 is 1.26 bits per heavy atom. The van der Waals surface area contributed by atoms with E-state index in [1.165, 1.54) is 37.4 Å². The minimum absolute atomic E-state index is 0.00391. The van der Waals surface area contributed by atoms with E-state index in [0.29, 0.717) is 27.6 Å². The van der Waals surface area contributed by atoms with E-state index in [-0.39, 0.29) is 23.2 Å². The molecule has 1 heterocycles. The summed E-state index contributed by atoms with van der Waals surface area (Å²) in [7, 11) is 1.45. The number of methoxy groups -OCH3 is 1. The van der Waals surface area contributed by atoms with Gasteiger partial charge in [-0.15, -0.1) is 0 Å². The predicted octanol–water partition coefficient (Wildman–Crippen LogP) is 2.97. The molecule has 0 aliphatic carbocycles. The van der Waals surface area contributed by atoms with Crippen LogP contribution in [0.3, 0.4) is 0 Å². The van der Waals surface area contributed by atoms with Gasteiger partial charge in [0.05, 0.1) is 18.7 Å². The summed E-state index contributed by atoms with van der Waals surface area (Å²) in [6, 6.07) is 9.77. The number of aromatic hydroxyl groups is 1. The Bertz CT molecular complexity index is 928. The molecule has 6 nitrogen and oxygen atoms in total. The average molecular weight is 387 g/mol. The van der Waals surface area contributed by atoms with Gasteiger partial charge in [0.2, 0.25) is 0 Å². The summed E-state index contributed by atoms with van der Waals surface area (Å²) in [5.74, 6) is -0.465. The first-order chi connectivity index (χ1) is 12.9. The summed E-state index contributed by atoms with van der Waals surface area (Å²) in [6.07, 6.45) is 0. The maximum atomic E-state index is 13.1.